The van der Waals surface area contributed by atoms with Crippen molar-refractivity contribution in [2.45, 2.75) is 6.61 Å². The fraction of sp³-hybridized carbons (Fsp3) is 0.150. The molecule has 0 saturated carbocycles. The molecule has 0 radical (unpaired) electrons. The van der Waals surface area contributed by atoms with E-state index in [9.17, 15) is 23.9 Å². The van der Waals surface area contributed by atoms with Crippen molar-refractivity contribution in [2.24, 2.45) is 0 Å². The Labute approximate surface area is 165 Å². The van der Waals surface area contributed by atoms with Crippen LogP contribution in [0.4, 0.5) is 4.39 Å². The van der Waals surface area contributed by atoms with Crippen molar-refractivity contribution in [3.63, 3.8) is 0 Å². The largest absolute Gasteiger partial charge is 0.500 e. The second-order valence-corrected chi connectivity index (χ2v) is 5.46. The number of hydrogen-bond donors (Lipinski definition) is 1. The smallest absolute Gasteiger partial charge is 0.377 e. The molecule has 8 nitrogen and oxygen atoms in total. The lowest BCUT2D eigenvalue weighted by atomic mass is 10.1. The lowest BCUT2D eigenvalue weighted by molar-refractivity contribution is -0.138. The average Bonchev–Trinajstić information content (AvgIpc) is 2.72. The molecule has 0 saturated heterocycles. The monoisotopic (exact) mass is 404 g/mol. The van der Waals surface area contributed by atoms with Gasteiger partial charge in [0.2, 0.25) is 5.76 Å². The molecular weight excluding hydrogens is 387 g/mol. The van der Waals surface area contributed by atoms with Gasteiger partial charge in [-0.15, -0.1) is 0 Å². The molecule has 1 N–H and O–H groups in total. The van der Waals surface area contributed by atoms with Crippen molar-refractivity contribution in [3.8, 4) is 5.75 Å². The summed E-state index contributed by atoms with van der Waals surface area (Å²) in [6, 6.07) is 9.87. The minimum atomic E-state index is -1.55. The molecule has 0 aliphatic heterocycles. The van der Waals surface area contributed by atoms with Gasteiger partial charge < -0.3 is 24.1 Å². The van der Waals surface area contributed by atoms with Gasteiger partial charge >= 0.3 is 17.9 Å². The highest BCUT2D eigenvalue weighted by molar-refractivity contribution is 5.94. The summed E-state index contributed by atoms with van der Waals surface area (Å²) in [7, 11) is 2.33. The summed E-state index contributed by atoms with van der Waals surface area (Å²) in [5, 5.41) is 9.54. The molecule has 0 aromatic heterocycles. The Morgan fingerprint density at radius 2 is 1.76 bits per heavy atom. The van der Waals surface area contributed by atoms with E-state index in [2.05, 4.69) is 4.74 Å². The fourth-order valence-electron chi connectivity index (χ4n) is 2.30. The first-order valence-electron chi connectivity index (χ1n) is 8.15. The Morgan fingerprint density at radius 3 is 2.34 bits per heavy atom. The quantitative estimate of drug-likeness (QED) is 0.406. The zero-order valence-electron chi connectivity index (χ0n) is 15.5. The molecule has 0 bridgehead atoms. The van der Waals surface area contributed by atoms with Crippen molar-refractivity contribution >= 4 is 17.9 Å². The molecule has 0 heterocycles. The summed E-state index contributed by atoms with van der Waals surface area (Å²) in [6.07, 6.45) is 0.899. The van der Waals surface area contributed by atoms with Crippen molar-refractivity contribution in [1.29, 1.82) is 0 Å². The van der Waals surface area contributed by atoms with Crippen LogP contribution in [0.25, 0.3) is 0 Å². The van der Waals surface area contributed by atoms with Gasteiger partial charge in [0.15, 0.2) is 0 Å². The molecule has 0 aliphatic rings. The van der Waals surface area contributed by atoms with Gasteiger partial charge in [0.1, 0.15) is 30.0 Å². The maximum atomic E-state index is 14.3. The van der Waals surface area contributed by atoms with E-state index in [1.807, 2.05) is 0 Å². The fourth-order valence-corrected chi connectivity index (χ4v) is 2.30. The molecule has 2 rings (SSSR count). The highest BCUT2D eigenvalue weighted by atomic mass is 19.1. The van der Waals surface area contributed by atoms with Crippen LogP contribution >= 0.6 is 0 Å². The van der Waals surface area contributed by atoms with Crippen molar-refractivity contribution in [2.75, 3.05) is 14.2 Å². The number of carbonyl (C=O) groups excluding carboxylic acids is 2. The highest BCUT2D eigenvalue weighted by Gasteiger charge is 2.25. The van der Waals surface area contributed by atoms with E-state index in [1.165, 1.54) is 19.2 Å². The molecule has 2 aromatic carbocycles. The van der Waals surface area contributed by atoms with Crippen LogP contribution in [0.3, 0.4) is 0 Å². The normalized spacial score (nSPS) is 10.8. The summed E-state index contributed by atoms with van der Waals surface area (Å²) < 4.78 is 33.8. The minimum Gasteiger partial charge on any atom is -0.500 e. The number of ether oxygens (including phenoxy) is 4. The van der Waals surface area contributed by atoms with Crippen LogP contribution in [0, 0.1) is 5.82 Å². The number of rotatable bonds is 8. The SMILES string of the molecule is CO/C=C(/Oc1ccc(F)c(COC(=O)c2ccccc2)c1C(=O)O)C(=O)OC. The summed E-state index contributed by atoms with van der Waals surface area (Å²) in [5.41, 5.74) is -0.828. The van der Waals surface area contributed by atoms with Crippen LogP contribution in [-0.4, -0.2) is 37.2 Å². The molecular formula is C20H17FO8. The van der Waals surface area contributed by atoms with Crippen molar-refractivity contribution in [3.05, 3.63) is 77.0 Å². The average molecular weight is 404 g/mol. The second-order valence-electron chi connectivity index (χ2n) is 5.46. The van der Waals surface area contributed by atoms with Gasteiger partial charge in [-0.2, -0.15) is 0 Å². The third-order valence-electron chi connectivity index (χ3n) is 3.62. The third kappa shape index (κ3) is 5.32. The topological polar surface area (TPSA) is 108 Å². The molecule has 0 unspecified atom stereocenters. The molecule has 29 heavy (non-hydrogen) atoms. The van der Waals surface area contributed by atoms with Gasteiger partial charge in [-0.05, 0) is 24.3 Å². The Morgan fingerprint density at radius 1 is 1.07 bits per heavy atom. The Bertz CT molecular complexity index is 937. The molecule has 0 atom stereocenters. The van der Waals surface area contributed by atoms with Gasteiger partial charge in [0, 0.05) is 5.56 Å². The lowest BCUT2D eigenvalue weighted by Crippen LogP contribution is -2.16. The zero-order chi connectivity index (χ0) is 21.4. The van der Waals surface area contributed by atoms with E-state index in [1.54, 1.807) is 18.2 Å². The number of carbonyl (C=O) groups is 3. The number of halogens is 1. The summed E-state index contributed by atoms with van der Waals surface area (Å²) in [4.78, 5) is 35.5. The highest BCUT2D eigenvalue weighted by Crippen LogP contribution is 2.28. The maximum Gasteiger partial charge on any atom is 0.377 e. The van der Waals surface area contributed by atoms with E-state index >= 15 is 0 Å². The van der Waals surface area contributed by atoms with Gasteiger partial charge in [0.05, 0.1) is 19.8 Å². The molecule has 0 spiro atoms. The van der Waals surface area contributed by atoms with E-state index < -0.39 is 47.2 Å². The first kappa shape index (κ1) is 21.4. The van der Waals surface area contributed by atoms with Gasteiger partial charge in [0.25, 0.3) is 0 Å². The number of hydrogen-bond acceptors (Lipinski definition) is 7. The number of esters is 2. The lowest BCUT2D eigenvalue weighted by Gasteiger charge is -2.14. The van der Waals surface area contributed by atoms with Gasteiger partial charge in [-0.3, -0.25) is 0 Å². The van der Waals surface area contributed by atoms with Crippen LogP contribution in [0.1, 0.15) is 26.3 Å². The second kappa shape index (κ2) is 9.88. The Balaban J connectivity index is 2.36. The first-order valence-corrected chi connectivity index (χ1v) is 8.15. The maximum absolute atomic E-state index is 14.3. The van der Waals surface area contributed by atoms with Crippen LogP contribution < -0.4 is 4.74 Å². The summed E-state index contributed by atoms with van der Waals surface area (Å²) in [5.74, 6) is -5.00. The van der Waals surface area contributed by atoms with E-state index in [-0.39, 0.29) is 11.3 Å². The standard InChI is InChI=1S/C20H17FO8/c1-26-11-16(20(25)27-2)29-15-9-8-14(21)13(17(15)18(22)23)10-28-19(24)12-6-4-3-5-7-12/h3-9,11H,10H2,1-2H3,(H,22,23)/b16-11+. The summed E-state index contributed by atoms with van der Waals surface area (Å²) in [6.45, 7) is -0.667. The Hall–Kier alpha value is -3.88. The molecule has 9 heteroatoms. The predicted molar refractivity (Wildman–Crippen MR) is 96.7 cm³/mol. The van der Waals surface area contributed by atoms with Gasteiger partial charge in [-0.1, -0.05) is 18.2 Å². The third-order valence-corrected chi connectivity index (χ3v) is 3.62. The molecule has 0 amide bonds. The number of carboxylic acids is 1. The van der Waals surface area contributed by atoms with E-state index in [0.717, 1.165) is 25.5 Å². The first-order chi connectivity index (χ1) is 13.9. The van der Waals surface area contributed by atoms with Crippen LogP contribution in [-0.2, 0) is 25.6 Å². The van der Waals surface area contributed by atoms with Crippen LogP contribution in [0.2, 0.25) is 0 Å². The number of aromatic carboxylic acids is 1. The van der Waals surface area contributed by atoms with Gasteiger partial charge in [-0.25, -0.2) is 18.8 Å². The summed E-state index contributed by atoms with van der Waals surface area (Å²) >= 11 is 0. The van der Waals surface area contributed by atoms with Crippen molar-refractivity contribution < 1.29 is 42.8 Å². The number of benzene rings is 2. The van der Waals surface area contributed by atoms with Crippen LogP contribution in [0.5, 0.6) is 5.75 Å². The molecule has 0 aliphatic carbocycles. The Kier molecular flexibility index (Phi) is 7.30. The van der Waals surface area contributed by atoms with Crippen molar-refractivity contribution in [1.82, 2.24) is 0 Å². The van der Waals surface area contributed by atoms with E-state index in [4.69, 9.17) is 14.2 Å². The number of methoxy groups -OCH3 is 2. The minimum absolute atomic E-state index is 0.216. The van der Waals surface area contributed by atoms with E-state index in [0.29, 0.717) is 0 Å². The zero-order valence-corrected chi connectivity index (χ0v) is 15.5. The molecule has 152 valence electrons. The predicted octanol–water partition coefficient (Wildman–Crippen LogP) is 2.92. The molecule has 0 fully saturated rings. The molecule has 2 aromatic rings. The van der Waals surface area contributed by atoms with Crippen LogP contribution in [0.15, 0.2) is 54.5 Å². The number of carboxylic acid groups (broad SMARTS) is 1.